The summed E-state index contributed by atoms with van der Waals surface area (Å²) in [6, 6.07) is 0. The maximum Gasteiger partial charge on any atom is 0.511 e. The summed E-state index contributed by atoms with van der Waals surface area (Å²) in [5.41, 5.74) is 0. The normalized spacial score (nSPS) is 13.8. The van der Waals surface area contributed by atoms with E-state index in [1.165, 1.54) is 0 Å². The van der Waals surface area contributed by atoms with Crippen molar-refractivity contribution in [3.8, 4) is 0 Å². The third kappa shape index (κ3) is 1.82. The number of quaternary nitrogens is 1. The van der Waals surface area contributed by atoms with Crippen molar-refractivity contribution >= 4 is 10.3 Å². The van der Waals surface area contributed by atoms with Crippen LogP contribution in [-0.2, 0) is 10.3 Å². The van der Waals surface area contributed by atoms with Gasteiger partial charge in [-0.15, -0.1) is 8.42 Å². The van der Waals surface area contributed by atoms with E-state index in [1.807, 2.05) is 0 Å². The SMILES string of the molecule is O=S(=O)(O)[N+](F)(F)CO. The summed E-state index contributed by atoms with van der Waals surface area (Å²) >= 11 is 0. The Hall–Kier alpha value is -0.310. The summed E-state index contributed by atoms with van der Waals surface area (Å²) in [7, 11) is -5.50. The molecule has 0 bridgehead atoms. The molecule has 0 heterocycles. The maximum absolute atomic E-state index is 11.5. The smallest absolute Gasteiger partial charge is 0.341 e. The van der Waals surface area contributed by atoms with Gasteiger partial charge in [0, 0.05) is 0 Å². The zero-order chi connectivity index (χ0) is 7.71. The second-order valence-corrected chi connectivity index (χ2v) is 2.59. The molecule has 0 spiro atoms. The van der Waals surface area contributed by atoms with E-state index in [2.05, 4.69) is 0 Å². The molecule has 0 fully saturated rings. The van der Waals surface area contributed by atoms with Crippen LogP contribution in [0.15, 0.2) is 0 Å². The van der Waals surface area contributed by atoms with Crippen LogP contribution in [0.2, 0.25) is 0 Å². The topological polar surface area (TPSA) is 74.6 Å². The van der Waals surface area contributed by atoms with Gasteiger partial charge in [0.05, 0.1) is 8.96 Å². The molecule has 0 aromatic rings. The Balaban J connectivity index is 4.56. The first kappa shape index (κ1) is 8.69. The van der Waals surface area contributed by atoms with E-state index in [-0.39, 0.29) is 0 Å². The molecule has 0 rings (SSSR count). The van der Waals surface area contributed by atoms with Crippen LogP contribution in [-0.4, -0.2) is 29.1 Å². The number of halogens is 2. The molecule has 5 nitrogen and oxygen atoms in total. The maximum atomic E-state index is 11.5. The molecule has 0 radical (unpaired) electrons. The molecule has 0 aliphatic rings. The summed E-state index contributed by atoms with van der Waals surface area (Å²) in [5, 5.41) is 7.61. The molecule has 0 aromatic carbocycles. The highest BCUT2D eigenvalue weighted by molar-refractivity contribution is 7.79. The van der Waals surface area contributed by atoms with Crippen LogP contribution in [0.5, 0.6) is 0 Å². The van der Waals surface area contributed by atoms with Gasteiger partial charge in [-0.1, -0.05) is 0 Å². The molecule has 0 aliphatic carbocycles. The second kappa shape index (κ2) is 2.14. The number of nitrogens with zero attached hydrogens (tertiary/aromatic N) is 1. The lowest BCUT2D eigenvalue weighted by molar-refractivity contribution is -1.09. The van der Waals surface area contributed by atoms with Gasteiger partial charge < -0.3 is 5.11 Å². The van der Waals surface area contributed by atoms with Gasteiger partial charge in [-0.25, -0.2) is 4.55 Å². The quantitative estimate of drug-likeness (QED) is 0.322. The summed E-state index contributed by atoms with van der Waals surface area (Å²) in [6.45, 7) is -1.97. The van der Waals surface area contributed by atoms with Gasteiger partial charge in [0.25, 0.3) is 6.73 Å². The van der Waals surface area contributed by atoms with Crippen LogP contribution in [0, 0.1) is 0 Å². The number of aliphatic hydroxyl groups is 1. The first-order valence-electron chi connectivity index (χ1n) is 1.67. The highest BCUT2D eigenvalue weighted by atomic mass is 32.2. The van der Waals surface area contributed by atoms with Crippen molar-refractivity contribution in [2.45, 2.75) is 0 Å². The van der Waals surface area contributed by atoms with Crippen LogP contribution in [0.3, 0.4) is 0 Å². The lowest BCUT2D eigenvalue weighted by Crippen LogP contribution is -2.37. The minimum absolute atomic E-state index is 1.97. The fraction of sp³-hybridized carbons (Fsp3) is 1.00. The largest absolute Gasteiger partial charge is 0.511 e. The van der Waals surface area contributed by atoms with Crippen molar-refractivity contribution in [1.29, 1.82) is 0 Å². The summed E-state index contributed by atoms with van der Waals surface area (Å²) in [4.78, 5) is 0. The Morgan fingerprint density at radius 1 is 1.44 bits per heavy atom. The second-order valence-electron chi connectivity index (χ2n) is 1.16. The summed E-state index contributed by atoms with van der Waals surface area (Å²) < 4.78 is 45.8. The van der Waals surface area contributed by atoms with Gasteiger partial charge in [0.2, 0.25) is 4.33 Å². The molecule has 0 unspecified atom stereocenters. The van der Waals surface area contributed by atoms with Crippen molar-refractivity contribution in [1.82, 2.24) is 0 Å². The number of rotatable bonds is 2. The lowest BCUT2D eigenvalue weighted by atomic mass is 11.4. The number of hydrogen-bond donors (Lipinski definition) is 2. The molecule has 0 saturated heterocycles. The van der Waals surface area contributed by atoms with E-state index in [9.17, 15) is 17.4 Å². The molecule has 0 aliphatic heterocycles. The van der Waals surface area contributed by atoms with Gasteiger partial charge in [0.15, 0.2) is 0 Å². The van der Waals surface area contributed by atoms with Gasteiger partial charge >= 0.3 is 10.3 Å². The molecular weight excluding hydrogens is 160 g/mol. The zero-order valence-corrected chi connectivity index (χ0v) is 4.85. The van der Waals surface area contributed by atoms with Gasteiger partial charge in [0.1, 0.15) is 0 Å². The average Bonchev–Trinajstić information content (AvgIpc) is 1.64. The zero-order valence-electron chi connectivity index (χ0n) is 4.03. The van der Waals surface area contributed by atoms with Crippen molar-refractivity contribution in [3.05, 3.63) is 0 Å². The van der Waals surface area contributed by atoms with E-state index < -0.39 is 21.4 Å². The fourth-order valence-electron chi connectivity index (χ4n) is 0.0730. The van der Waals surface area contributed by atoms with Crippen LogP contribution in [0.1, 0.15) is 0 Å². The van der Waals surface area contributed by atoms with Crippen LogP contribution < -0.4 is 0 Å². The molecule has 56 valence electrons. The van der Waals surface area contributed by atoms with Crippen molar-refractivity contribution in [3.63, 3.8) is 0 Å². The van der Waals surface area contributed by atoms with Crippen molar-refractivity contribution in [2.24, 2.45) is 0 Å². The number of aliphatic hydroxyl groups excluding tert-OH is 1. The Morgan fingerprint density at radius 3 is 1.78 bits per heavy atom. The molecule has 9 heavy (non-hydrogen) atoms. The summed E-state index contributed by atoms with van der Waals surface area (Å²) in [6.07, 6.45) is 0. The third-order valence-electron chi connectivity index (χ3n) is 0.502. The molecule has 8 heteroatoms. The number of hydrogen-bond acceptors (Lipinski definition) is 3. The minimum Gasteiger partial charge on any atom is -0.341 e. The Kier molecular flexibility index (Phi) is 2.06. The van der Waals surface area contributed by atoms with E-state index in [0.717, 1.165) is 0 Å². The molecule has 0 amide bonds. The van der Waals surface area contributed by atoms with E-state index in [0.29, 0.717) is 0 Å². The van der Waals surface area contributed by atoms with Crippen molar-refractivity contribution < 1.29 is 31.4 Å². The lowest BCUT2D eigenvalue weighted by Gasteiger charge is -2.02. The standard InChI is InChI=1S/CH3F2NO4S/c2-4(3,1-5)9(6,7)8/h5H,1H2/p+1. The van der Waals surface area contributed by atoms with Crippen LogP contribution in [0.4, 0.5) is 8.96 Å². The Labute approximate surface area is 49.5 Å². The van der Waals surface area contributed by atoms with E-state index in [4.69, 9.17) is 9.66 Å². The van der Waals surface area contributed by atoms with Crippen LogP contribution >= 0.6 is 0 Å². The van der Waals surface area contributed by atoms with Gasteiger partial charge in [-0.3, -0.25) is 0 Å². The molecule has 0 saturated carbocycles. The molecular formula is CH4F2NO4S+. The monoisotopic (exact) mass is 164 g/mol. The molecule has 0 aromatic heterocycles. The van der Waals surface area contributed by atoms with E-state index >= 15 is 0 Å². The first-order chi connectivity index (χ1) is 3.81. The Bertz CT molecular complexity index is 185. The molecule has 0 atom stereocenters. The average molecular weight is 164 g/mol. The van der Waals surface area contributed by atoms with E-state index in [1.54, 1.807) is 0 Å². The first-order valence-corrected chi connectivity index (χ1v) is 3.07. The Morgan fingerprint density at radius 2 is 1.78 bits per heavy atom. The van der Waals surface area contributed by atoms with Crippen LogP contribution in [0.25, 0.3) is 0 Å². The molecule has 2 N–H and O–H groups in total. The highest BCUT2D eigenvalue weighted by Crippen LogP contribution is 2.13. The third-order valence-corrected chi connectivity index (χ3v) is 1.29. The van der Waals surface area contributed by atoms with Gasteiger partial charge in [-0.05, 0) is 0 Å². The summed E-state index contributed by atoms with van der Waals surface area (Å²) in [5.74, 6) is 0. The van der Waals surface area contributed by atoms with Crippen molar-refractivity contribution in [2.75, 3.05) is 6.73 Å². The highest BCUT2D eigenvalue weighted by Gasteiger charge is 2.45. The van der Waals surface area contributed by atoms with Gasteiger partial charge in [-0.2, -0.15) is 0 Å². The predicted molar refractivity (Wildman–Crippen MR) is 21.1 cm³/mol. The fourth-order valence-corrected chi connectivity index (χ4v) is 0.219. The predicted octanol–water partition coefficient (Wildman–Crippen LogP) is -0.675. The minimum atomic E-state index is -5.50.